The van der Waals surface area contributed by atoms with Crippen LogP contribution in [0.4, 0.5) is 0 Å². The van der Waals surface area contributed by atoms with Gasteiger partial charge in [-0.15, -0.1) is 0 Å². The highest BCUT2D eigenvalue weighted by molar-refractivity contribution is 7.89. The molecule has 2 aromatic carbocycles. The molecule has 4 rings (SSSR count). The van der Waals surface area contributed by atoms with E-state index in [4.69, 9.17) is 4.74 Å². The Labute approximate surface area is 218 Å². The molecule has 0 spiro atoms. The van der Waals surface area contributed by atoms with E-state index >= 15 is 0 Å². The van der Waals surface area contributed by atoms with Gasteiger partial charge in [0.05, 0.1) is 16.6 Å². The van der Waals surface area contributed by atoms with Gasteiger partial charge in [-0.25, -0.2) is 13.4 Å². The van der Waals surface area contributed by atoms with Crippen LogP contribution < -0.4 is 0 Å². The maximum atomic E-state index is 13.5. The zero-order chi connectivity index (χ0) is 26.6. The van der Waals surface area contributed by atoms with Crippen LogP contribution in [0.5, 0.6) is 0 Å². The molecule has 0 bridgehead atoms. The summed E-state index contributed by atoms with van der Waals surface area (Å²) in [5.41, 5.74) is 3.56. The first-order valence-corrected chi connectivity index (χ1v) is 13.6. The predicted molar refractivity (Wildman–Crippen MR) is 142 cm³/mol. The molecule has 37 heavy (non-hydrogen) atoms. The van der Waals surface area contributed by atoms with Gasteiger partial charge in [-0.2, -0.15) is 4.31 Å². The van der Waals surface area contributed by atoms with E-state index in [1.54, 1.807) is 36.7 Å². The summed E-state index contributed by atoms with van der Waals surface area (Å²) < 4.78 is 35.7. The highest BCUT2D eigenvalue weighted by Crippen LogP contribution is 2.23. The molecule has 2 heterocycles. The highest BCUT2D eigenvalue weighted by atomic mass is 32.2. The molecule has 9 heteroatoms. The van der Waals surface area contributed by atoms with Crippen molar-refractivity contribution in [1.29, 1.82) is 0 Å². The Hall–Kier alpha value is -3.56. The average molecular weight is 521 g/mol. The van der Waals surface area contributed by atoms with Crippen LogP contribution in [0.2, 0.25) is 0 Å². The zero-order valence-corrected chi connectivity index (χ0v) is 22.4. The molecule has 2 aromatic heterocycles. The lowest BCUT2D eigenvalue weighted by atomic mass is 10.0. The van der Waals surface area contributed by atoms with Crippen LogP contribution in [-0.4, -0.2) is 46.3 Å². The van der Waals surface area contributed by atoms with Crippen molar-refractivity contribution in [1.82, 2.24) is 18.8 Å². The van der Waals surface area contributed by atoms with Crippen LogP contribution >= 0.6 is 0 Å². The summed E-state index contributed by atoms with van der Waals surface area (Å²) >= 11 is 0. The molecule has 194 valence electrons. The molecule has 0 saturated carbocycles. The largest absolute Gasteiger partial charge is 0.460 e. The normalized spacial score (nSPS) is 12.8. The number of sulfonamides is 1. The monoisotopic (exact) mass is 520 g/mol. The smallest absolute Gasteiger partial charge is 0.324 e. The van der Waals surface area contributed by atoms with E-state index in [2.05, 4.69) is 14.5 Å². The predicted octanol–water partition coefficient (Wildman–Crippen LogP) is 4.57. The van der Waals surface area contributed by atoms with Gasteiger partial charge in [-0.3, -0.25) is 9.78 Å². The minimum atomic E-state index is -3.93. The van der Waals surface area contributed by atoms with Gasteiger partial charge in [0.25, 0.3) is 0 Å². The van der Waals surface area contributed by atoms with Gasteiger partial charge in [0.1, 0.15) is 24.0 Å². The molecule has 0 fully saturated rings. The minimum Gasteiger partial charge on any atom is -0.460 e. The Morgan fingerprint density at radius 1 is 1.03 bits per heavy atom. The van der Waals surface area contributed by atoms with E-state index < -0.39 is 22.0 Å². The number of imidazole rings is 1. The van der Waals surface area contributed by atoms with Crippen LogP contribution in [-0.2, 0) is 32.7 Å². The first-order valence-electron chi connectivity index (χ1n) is 12.2. The van der Waals surface area contributed by atoms with Crippen LogP contribution in [0.3, 0.4) is 0 Å². The highest BCUT2D eigenvalue weighted by Gasteiger charge is 2.34. The number of esters is 1. The lowest BCUT2D eigenvalue weighted by Crippen LogP contribution is -2.44. The van der Waals surface area contributed by atoms with Gasteiger partial charge >= 0.3 is 5.97 Å². The van der Waals surface area contributed by atoms with Crippen molar-refractivity contribution in [2.45, 2.75) is 51.3 Å². The van der Waals surface area contributed by atoms with E-state index in [1.807, 2.05) is 57.2 Å². The fraction of sp³-hybridized carbons (Fsp3) is 0.321. The number of ether oxygens (including phenoxy) is 1. The molecule has 0 aliphatic heterocycles. The zero-order valence-electron chi connectivity index (χ0n) is 21.5. The number of likely N-dealkylation sites (N-methyl/N-ethyl adjacent to an activating group) is 1. The Balaban J connectivity index is 1.51. The van der Waals surface area contributed by atoms with E-state index in [-0.39, 0.29) is 17.4 Å². The van der Waals surface area contributed by atoms with Crippen LogP contribution in [0.25, 0.3) is 11.0 Å². The number of aryl methyl sites for hydroxylation is 1. The number of benzene rings is 2. The summed E-state index contributed by atoms with van der Waals surface area (Å²) in [6, 6.07) is 17.1. The van der Waals surface area contributed by atoms with Gasteiger partial charge in [0.2, 0.25) is 10.0 Å². The molecule has 0 aliphatic carbocycles. The number of pyridine rings is 1. The second-order valence-electron chi connectivity index (χ2n) is 9.51. The van der Waals surface area contributed by atoms with Crippen LogP contribution in [0.15, 0.2) is 78.0 Å². The van der Waals surface area contributed by atoms with E-state index in [0.717, 1.165) is 32.3 Å². The number of rotatable bonds is 10. The number of hydrogen-bond donors (Lipinski definition) is 0. The Morgan fingerprint density at radius 3 is 2.41 bits per heavy atom. The Morgan fingerprint density at radius 2 is 1.73 bits per heavy atom. The third kappa shape index (κ3) is 6.06. The number of carbonyl (C=O) groups is 1. The molecule has 1 atom stereocenters. The Kier molecular flexibility index (Phi) is 8.04. The summed E-state index contributed by atoms with van der Waals surface area (Å²) in [5, 5.41) is 0. The van der Waals surface area contributed by atoms with Gasteiger partial charge < -0.3 is 9.30 Å². The van der Waals surface area contributed by atoms with Crippen molar-refractivity contribution < 1.29 is 17.9 Å². The lowest BCUT2D eigenvalue weighted by molar-refractivity contribution is -0.149. The molecule has 0 saturated heterocycles. The molecule has 0 radical (unpaired) electrons. The minimum absolute atomic E-state index is 0.0925. The van der Waals surface area contributed by atoms with E-state index in [9.17, 15) is 13.2 Å². The van der Waals surface area contributed by atoms with Crippen molar-refractivity contribution in [2.24, 2.45) is 5.92 Å². The average Bonchev–Trinajstić information content (AvgIpc) is 3.21. The number of carbonyl (C=O) groups excluding carboxylic acids is 1. The summed E-state index contributed by atoms with van der Waals surface area (Å²) in [4.78, 5) is 21.8. The van der Waals surface area contributed by atoms with Gasteiger partial charge in [-0.1, -0.05) is 56.3 Å². The topological polar surface area (TPSA) is 94.4 Å². The molecule has 0 aliphatic rings. The number of nitrogens with zero attached hydrogens (tertiary/aromatic N) is 4. The third-order valence-electron chi connectivity index (χ3n) is 6.31. The SMILES string of the molecule is Cc1nc2cnccc2n1Cc1ccc(S(=O)(=O)N(C)[C@@H](CC(C)C)C(=O)OCc2ccccc2)cc1. The third-order valence-corrected chi connectivity index (χ3v) is 8.19. The van der Waals surface area contributed by atoms with Crippen molar-refractivity contribution >= 4 is 27.0 Å². The van der Waals surface area contributed by atoms with Gasteiger partial charge in [0.15, 0.2) is 0 Å². The first-order chi connectivity index (χ1) is 17.7. The molecule has 4 aromatic rings. The fourth-order valence-corrected chi connectivity index (χ4v) is 5.57. The van der Waals surface area contributed by atoms with Gasteiger partial charge in [0, 0.05) is 19.8 Å². The molecular formula is C28H32N4O4S. The lowest BCUT2D eigenvalue weighted by Gasteiger charge is -2.27. The number of aromatic nitrogens is 3. The summed E-state index contributed by atoms with van der Waals surface area (Å²) in [5.74, 6) is 0.389. The quantitative estimate of drug-likeness (QED) is 0.285. The molecule has 0 amide bonds. The maximum Gasteiger partial charge on any atom is 0.324 e. The van der Waals surface area contributed by atoms with Crippen molar-refractivity contribution in [3.05, 3.63) is 90.0 Å². The number of hydrogen-bond acceptors (Lipinski definition) is 6. The summed E-state index contributed by atoms with van der Waals surface area (Å²) in [7, 11) is -2.49. The fourth-order valence-electron chi connectivity index (χ4n) is 4.25. The molecule has 0 N–H and O–H groups in total. The maximum absolute atomic E-state index is 13.5. The molecule has 0 unspecified atom stereocenters. The molecule has 8 nitrogen and oxygen atoms in total. The van der Waals surface area contributed by atoms with E-state index in [0.29, 0.717) is 13.0 Å². The van der Waals surface area contributed by atoms with Crippen molar-refractivity contribution in [3.63, 3.8) is 0 Å². The van der Waals surface area contributed by atoms with Crippen molar-refractivity contribution in [2.75, 3.05) is 7.05 Å². The van der Waals surface area contributed by atoms with Crippen molar-refractivity contribution in [3.8, 4) is 0 Å². The number of fused-ring (bicyclic) bond motifs is 1. The van der Waals surface area contributed by atoms with E-state index in [1.165, 1.54) is 7.05 Å². The first kappa shape index (κ1) is 26.5. The standard InChI is InChI=1S/C28H32N4O4S/c1-20(2)16-27(28(33)36-19-23-8-6-5-7-9-23)31(4)37(34,35)24-12-10-22(11-13-24)18-32-21(3)30-25-17-29-15-14-26(25)32/h5-15,17,20,27H,16,18-19H2,1-4H3/t27-/m0/s1. The summed E-state index contributed by atoms with van der Waals surface area (Å²) in [6.45, 7) is 6.47. The van der Waals surface area contributed by atoms with Crippen LogP contribution in [0.1, 0.15) is 37.2 Å². The summed E-state index contributed by atoms with van der Waals surface area (Å²) in [6.07, 6.45) is 3.80. The Bertz CT molecular complexity index is 1470. The second-order valence-corrected chi connectivity index (χ2v) is 11.5. The molecular weight excluding hydrogens is 488 g/mol. The van der Waals surface area contributed by atoms with Gasteiger partial charge in [-0.05, 0) is 48.6 Å². The second kappa shape index (κ2) is 11.2. The van der Waals surface area contributed by atoms with Crippen LogP contribution in [0, 0.1) is 12.8 Å².